The summed E-state index contributed by atoms with van der Waals surface area (Å²) in [5.41, 5.74) is 2.61. The number of carbonyl (C=O) groups is 1. The highest BCUT2D eigenvalue weighted by Crippen LogP contribution is 2.07. The predicted octanol–water partition coefficient (Wildman–Crippen LogP) is 1.69. The zero-order valence-corrected chi connectivity index (χ0v) is 13.8. The Hall–Kier alpha value is -2.47. The average Bonchev–Trinajstić information content (AvgIpc) is 2.54. The second-order valence-corrected chi connectivity index (χ2v) is 5.63. The molecule has 6 heteroatoms. The minimum atomic E-state index is -0.202. The first-order valence-electron chi connectivity index (χ1n) is 7.59. The quantitative estimate of drug-likeness (QED) is 0.814. The van der Waals surface area contributed by atoms with E-state index < -0.39 is 0 Å². The summed E-state index contributed by atoms with van der Waals surface area (Å²) in [6.07, 6.45) is 1.40. The summed E-state index contributed by atoms with van der Waals surface area (Å²) < 4.78 is 0. The summed E-state index contributed by atoms with van der Waals surface area (Å²) in [4.78, 5) is 22.5. The number of rotatable bonds is 7. The summed E-state index contributed by atoms with van der Waals surface area (Å²) in [6.45, 7) is 4.16. The molecular weight excluding hydrogens is 290 g/mol. The lowest BCUT2D eigenvalue weighted by atomic mass is 10.1. The van der Waals surface area contributed by atoms with Crippen LogP contribution in [0.2, 0.25) is 0 Å². The highest BCUT2D eigenvalue weighted by atomic mass is 16.1. The molecule has 0 aliphatic rings. The standard InChI is InChI=1S/C17H23N5O/c1-13-6-4-5-7-14(13)11-19-17(23)15-10-16(21-12-20-15)18-8-9-22(2)3/h4-7,10,12H,8-9,11H2,1-3H3,(H,19,23)(H,18,20,21). The van der Waals surface area contributed by atoms with Crippen LogP contribution in [0, 0.1) is 6.92 Å². The molecule has 0 saturated heterocycles. The van der Waals surface area contributed by atoms with Crippen LogP contribution in [-0.4, -0.2) is 48.0 Å². The Bertz CT molecular complexity index is 657. The molecule has 23 heavy (non-hydrogen) atoms. The first kappa shape index (κ1) is 16.9. The largest absolute Gasteiger partial charge is 0.369 e. The van der Waals surface area contributed by atoms with Gasteiger partial charge in [0.2, 0.25) is 0 Å². The molecule has 0 fully saturated rings. The Kier molecular flexibility index (Phi) is 6.05. The van der Waals surface area contributed by atoms with E-state index >= 15 is 0 Å². The van der Waals surface area contributed by atoms with Crippen LogP contribution >= 0.6 is 0 Å². The molecule has 0 saturated carbocycles. The molecule has 0 bridgehead atoms. The maximum Gasteiger partial charge on any atom is 0.270 e. The summed E-state index contributed by atoms with van der Waals surface area (Å²) in [7, 11) is 4.01. The normalized spacial score (nSPS) is 10.6. The van der Waals surface area contributed by atoms with Crippen LogP contribution in [-0.2, 0) is 6.54 Å². The van der Waals surface area contributed by atoms with E-state index in [1.807, 2.05) is 45.3 Å². The summed E-state index contributed by atoms with van der Waals surface area (Å²) >= 11 is 0. The van der Waals surface area contributed by atoms with E-state index in [1.165, 1.54) is 6.33 Å². The van der Waals surface area contributed by atoms with Crippen LogP contribution in [0.25, 0.3) is 0 Å². The molecule has 2 aromatic rings. The number of carbonyl (C=O) groups excluding carboxylic acids is 1. The van der Waals surface area contributed by atoms with Crippen molar-refractivity contribution in [2.45, 2.75) is 13.5 Å². The number of anilines is 1. The summed E-state index contributed by atoms with van der Waals surface area (Å²) in [5.74, 6) is 0.453. The van der Waals surface area contributed by atoms with Crippen LogP contribution in [0.1, 0.15) is 21.6 Å². The first-order chi connectivity index (χ1) is 11.1. The molecule has 1 heterocycles. The zero-order valence-electron chi connectivity index (χ0n) is 13.8. The van der Waals surface area contributed by atoms with Crippen LogP contribution in [0.5, 0.6) is 0 Å². The Morgan fingerprint density at radius 3 is 2.74 bits per heavy atom. The van der Waals surface area contributed by atoms with Gasteiger partial charge in [-0.15, -0.1) is 0 Å². The predicted molar refractivity (Wildman–Crippen MR) is 91.4 cm³/mol. The number of amides is 1. The molecule has 0 aliphatic heterocycles. The van der Waals surface area contributed by atoms with E-state index in [9.17, 15) is 4.79 Å². The molecule has 0 spiro atoms. The van der Waals surface area contributed by atoms with Gasteiger partial charge in [0.05, 0.1) is 0 Å². The van der Waals surface area contributed by atoms with Gasteiger partial charge >= 0.3 is 0 Å². The first-order valence-corrected chi connectivity index (χ1v) is 7.59. The van der Waals surface area contributed by atoms with Gasteiger partial charge in [0, 0.05) is 25.7 Å². The molecule has 0 unspecified atom stereocenters. The molecule has 0 radical (unpaired) electrons. The Labute approximate surface area is 137 Å². The maximum atomic E-state index is 12.2. The second kappa shape index (κ2) is 8.24. The van der Waals surface area contributed by atoms with Crippen molar-refractivity contribution in [3.8, 4) is 0 Å². The Balaban J connectivity index is 1.93. The number of hydrogen-bond donors (Lipinski definition) is 2. The van der Waals surface area contributed by atoms with Crippen LogP contribution < -0.4 is 10.6 Å². The van der Waals surface area contributed by atoms with Crippen molar-refractivity contribution in [1.29, 1.82) is 0 Å². The molecular formula is C17H23N5O. The highest BCUT2D eigenvalue weighted by molar-refractivity contribution is 5.92. The number of aromatic nitrogens is 2. The van der Waals surface area contributed by atoms with E-state index in [4.69, 9.17) is 0 Å². The topological polar surface area (TPSA) is 70.2 Å². The van der Waals surface area contributed by atoms with Crippen molar-refractivity contribution in [1.82, 2.24) is 20.2 Å². The SMILES string of the molecule is Cc1ccccc1CNC(=O)c1cc(NCCN(C)C)ncn1. The third-order valence-electron chi connectivity index (χ3n) is 3.47. The van der Waals surface area contributed by atoms with E-state index in [0.717, 1.165) is 24.2 Å². The minimum absolute atomic E-state index is 0.202. The molecule has 0 aliphatic carbocycles. The van der Waals surface area contributed by atoms with Gasteiger partial charge in [0.15, 0.2) is 0 Å². The Morgan fingerprint density at radius 2 is 2.00 bits per heavy atom. The third-order valence-corrected chi connectivity index (χ3v) is 3.47. The van der Waals surface area contributed by atoms with Gasteiger partial charge in [-0.25, -0.2) is 9.97 Å². The third kappa shape index (κ3) is 5.34. The summed E-state index contributed by atoms with van der Waals surface area (Å²) in [5, 5.41) is 6.07. The molecule has 0 atom stereocenters. The van der Waals surface area contributed by atoms with E-state index in [1.54, 1.807) is 6.07 Å². The van der Waals surface area contributed by atoms with Crippen molar-refractivity contribution < 1.29 is 4.79 Å². The number of likely N-dealkylation sites (N-methyl/N-ethyl adjacent to an activating group) is 1. The number of hydrogen-bond acceptors (Lipinski definition) is 5. The lowest BCUT2D eigenvalue weighted by Gasteiger charge is -2.11. The van der Waals surface area contributed by atoms with Gasteiger partial charge in [-0.2, -0.15) is 0 Å². The fourth-order valence-corrected chi connectivity index (χ4v) is 2.06. The van der Waals surface area contributed by atoms with Crippen LogP contribution in [0.15, 0.2) is 36.7 Å². The summed E-state index contributed by atoms with van der Waals surface area (Å²) in [6, 6.07) is 9.65. The fourth-order valence-electron chi connectivity index (χ4n) is 2.06. The van der Waals surface area contributed by atoms with Crippen molar-refractivity contribution in [2.75, 3.05) is 32.5 Å². The molecule has 122 valence electrons. The van der Waals surface area contributed by atoms with Gasteiger partial charge in [-0.05, 0) is 32.1 Å². The van der Waals surface area contributed by atoms with Gasteiger partial charge in [-0.3, -0.25) is 4.79 Å². The molecule has 2 N–H and O–H groups in total. The monoisotopic (exact) mass is 313 g/mol. The zero-order chi connectivity index (χ0) is 16.7. The van der Waals surface area contributed by atoms with Gasteiger partial charge in [-0.1, -0.05) is 24.3 Å². The van der Waals surface area contributed by atoms with Crippen LogP contribution in [0.3, 0.4) is 0 Å². The van der Waals surface area contributed by atoms with Crippen LogP contribution in [0.4, 0.5) is 5.82 Å². The van der Waals surface area contributed by atoms with Crippen molar-refractivity contribution in [2.24, 2.45) is 0 Å². The highest BCUT2D eigenvalue weighted by Gasteiger charge is 2.09. The molecule has 2 rings (SSSR count). The average molecular weight is 313 g/mol. The molecule has 1 amide bonds. The number of benzene rings is 1. The number of nitrogens with one attached hydrogen (secondary N) is 2. The smallest absolute Gasteiger partial charge is 0.270 e. The molecule has 6 nitrogen and oxygen atoms in total. The Morgan fingerprint density at radius 1 is 1.22 bits per heavy atom. The van der Waals surface area contributed by atoms with E-state index in [2.05, 4.69) is 25.5 Å². The lowest BCUT2D eigenvalue weighted by molar-refractivity contribution is 0.0945. The molecule has 1 aromatic heterocycles. The maximum absolute atomic E-state index is 12.2. The van der Waals surface area contributed by atoms with Gasteiger partial charge in [0.25, 0.3) is 5.91 Å². The van der Waals surface area contributed by atoms with E-state index in [0.29, 0.717) is 18.1 Å². The number of nitrogens with zero attached hydrogens (tertiary/aromatic N) is 3. The van der Waals surface area contributed by atoms with Gasteiger partial charge in [0.1, 0.15) is 17.8 Å². The van der Waals surface area contributed by atoms with Crippen molar-refractivity contribution >= 4 is 11.7 Å². The van der Waals surface area contributed by atoms with Crippen molar-refractivity contribution in [3.63, 3.8) is 0 Å². The fraction of sp³-hybridized carbons (Fsp3) is 0.353. The lowest BCUT2D eigenvalue weighted by Crippen LogP contribution is -2.25. The molecule has 1 aromatic carbocycles. The second-order valence-electron chi connectivity index (χ2n) is 5.63. The minimum Gasteiger partial charge on any atom is -0.369 e. The van der Waals surface area contributed by atoms with Gasteiger partial charge < -0.3 is 15.5 Å². The van der Waals surface area contributed by atoms with E-state index in [-0.39, 0.29) is 5.91 Å². The van der Waals surface area contributed by atoms with Crippen molar-refractivity contribution in [3.05, 3.63) is 53.5 Å². The number of aryl methyl sites for hydroxylation is 1.